The molecule has 0 bridgehead atoms. The predicted molar refractivity (Wildman–Crippen MR) is 80.0 cm³/mol. The number of thiophene rings is 1. The van der Waals surface area contributed by atoms with Gasteiger partial charge in [0.15, 0.2) is 0 Å². The zero-order valence-electron chi connectivity index (χ0n) is 10.7. The van der Waals surface area contributed by atoms with Gasteiger partial charge in [-0.1, -0.05) is 19.3 Å². The summed E-state index contributed by atoms with van der Waals surface area (Å²) in [6.07, 6.45) is 3.75. The highest BCUT2D eigenvalue weighted by Gasteiger charge is 2.28. The molecule has 2 rings (SSSR count). The fourth-order valence-electron chi connectivity index (χ4n) is 2.39. The number of rotatable bonds is 3. The average Bonchev–Trinajstić information content (AvgIpc) is 2.54. The molecule has 0 aromatic carbocycles. The molecule has 0 radical (unpaired) electrons. The fourth-order valence-corrected chi connectivity index (χ4v) is 6.10. The summed E-state index contributed by atoms with van der Waals surface area (Å²) in [4.78, 5) is 1.06. The van der Waals surface area contributed by atoms with Gasteiger partial charge in [-0.2, -0.15) is 0 Å². The van der Waals surface area contributed by atoms with Crippen LogP contribution in [0, 0.1) is 6.92 Å². The number of aliphatic hydroxyl groups excluding tert-OH is 1. The van der Waals surface area contributed by atoms with E-state index in [2.05, 4.69) is 20.7 Å². The molecule has 2 atom stereocenters. The Morgan fingerprint density at radius 3 is 2.68 bits per heavy atom. The lowest BCUT2D eigenvalue weighted by atomic mass is 10.1. The molecule has 2 N–H and O–H groups in total. The SMILES string of the molecule is Cc1sc(Br)cc1S(=O)(=O)NC1CCCCCC1O. The molecule has 0 aliphatic heterocycles. The maximum atomic E-state index is 12.4. The highest BCUT2D eigenvalue weighted by atomic mass is 79.9. The van der Waals surface area contributed by atoms with Crippen LogP contribution in [-0.2, 0) is 10.0 Å². The van der Waals surface area contributed by atoms with Crippen molar-refractivity contribution in [2.45, 2.75) is 56.1 Å². The van der Waals surface area contributed by atoms with Crippen molar-refractivity contribution in [3.8, 4) is 0 Å². The minimum atomic E-state index is -3.55. The third-order valence-corrected chi connectivity index (χ3v) is 6.72. The highest BCUT2D eigenvalue weighted by molar-refractivity contribution is 9.11. The smallest absolute Gasteiger partial charge is 0.242 e. The molecule has 1 aliphatic rings. The van der Waals surface area contributed by atoms with Crippen molar-refractivity contribution in [3.63, 3.8) is 0 Å². The lowest BCUT2D eigenvalue weighted by molar-refractivity contribution is 0.130. The normalized spacial score (nSPS) is 25.2. The number of aliphatic hydroxyl groups is 1. The number of aryl methyl sites for hydroxylation is 1. The van der Waals surface area contributed by atoms with E-state index >= 15 is 0 Å². The van der Waals surface area contributed by atoms with Crippen LogP contribution in [0.3, 0.4) is 0 Å². The standard InChI is InChI=1S/C12H18BrNO3S2/c1-8-11(7-12(13)18-8)19(16,17)14-9-5-3-2-4-6-10(9)15/h7,9-10,14-15H,2-6H2,1H3. The van der Waals surface area contributed by atoms with E-state index in [1.54, 1.807) is 13.0 Å². The van der Waals surface area contributed by atoms with E-state index < -0.39 is 16.1 Å². The van der Waals surface area contributed by atoms with Crippen LogP contribution in [0.1, 0.15) is 37.0 Å². The van der Waals surface area contributed by atoms with Crippen LogP contribution in [0.25, 0.3) is 0 Å². The summed E-state index contributed by atoms with van der Waals surface area (Å²) in [5.74, 6) is 0. The first-order valence-electron chi connectivity index (χ1n) is 6.36. The van der Waals surface area contributed by atoms with Gasteiger partial charge in [0.05, 0.1) is 14.8 Å². The number of halogens is 1. The minimum absolute atomic E-state index is 0.306. The van der Waals surface area contributed by atoms with Gasteiger partial charge in [0.25, 0.3) is 0 Å². The maximum absolute atomic E-state index is 12.4. The van der Waals surface area contributed by atoms with Crippen molar-refractivity contribution < 1.29 is 13.5 Å². The Bertz CT molecular complexity index is 541. The van der Waals surface area contributed by atoms with E-state index in [9.17, 15) is 13.5 Å². The topological polar surface area (TPSA) is 66.4 Å². The molecular weight excluding hydrogens is 350 g/mol. The molecule has 19 heavy (non-hydrogen) atoms. The maximum Gasteiger partial charge on any atom is 0.242 e. The average molecular weight is 368 g/mol. The molecule has 108 valence electrons. The summed E-state index contributed by atoms with van der Waals surface area (Å²) in [6, 6.07) is 1.25. The summed E-state index contributed by atoms with van der Waals surface area (Å²) in [5.41, 5.74) is 0. The third kappa shape index (κ3) is 3.78. The van der Waals surface area contributed by atoms with Gasteiger partial charge in [0.1, 0.15) is 0 Å². The van der Waals surface area contributed by atoms with Gasteiger partial charge in [-0.05, 0) is 41.8 Å². The second kappa shape index (κ2) is 6.22. The molecule has 4 nitrogen and oxygen atoms in total. The number of hydrogen-bond acceptors (Lipinski definition) is 4. The van der Waals surface area contributed by atoms with Crippen molar-refractivity contribution in [2.75, 3.05) is 0 Å². The molecule has 1 saturated carbocycles. The Morgan fingerprint density at radius 1 is 1.37 bits per heavy atom. The Hall–Kier alpha value is 0.0500. The largest absolute Gasteiger partial charge is 0.391 e. The van der Waals surface area contributed by atoms with Crippen LogP contribution < -0.4 is 4.72 Å². The summed E-state index contributed by atoms with van der Waals surface area (Å²) >= 11 is 4.70. The van der Waals surface area contributed by atoms with Gasteiger partial charge in [-0.15, -0.1) is 11.3 Å². The van der Waals surface area contributed by atoms with Crippen LogP contribution in [0.5, 0.6) is 0 Å². The molecule has 0 amide bonds. The van der Waals surface area contributed by atoms with Crippen molar-refractivity contribution in [2.24, 2.45) is 0 Å². The Morgan fingerprint density at radius 2 is 2.05 bits per heavy atom. The van der Waals surface area contributed by atoms with E-state index in [-0.39, 0.29) is 6.04 Å². The molecule has 1 heterocycles. The van der Waals surface area contributed by atoms with Crippen molar-refractivity contribution in [1.82, 2.24) is 4.72 Å². The van der Waals surface area contributed by atoms with Gasteiger partial charge >= 0.3 is 0 Å². The molecule has 1 aliphatic carbocycles. The minimum Gasteiger partial charge on any atom is -0.391 e. The Kier molecular flexibility index (Phi) is 5.05. The number of nitrogens with one attached hydrogen (secondary N) is 1. The third-order valence-electron chi connectivity index (χ3n) is 3.42. The van der Waals surface area contributed by atoms with Crippen LogP contribution >= 0.6 is 27.3 Å². The van der Waals surface area contributed by atoms with Crippen LogP contribution in [0.4, 0.5) is 0 Å². The quantitative estimate of drug-likeness (QED) is 0.807. The fraction of sp³-hybridized carbons (Fsp3) is 0.667. The second-order valence-electron chi connectivity index (χ2n) is 4.90. The number of hydrogen-bond donors (Lipinski definition) is 2. The highest BCUT2D eigenvalue weighted by Crippen LogP contribution is 2.30. The lowest BCUT2D eigenvalue weighted by Gasteiger charge is -2.21. The molecule has 0 saturated heterocycles. The number of sulfonamides is 1. The molecule has 1 aromatic heterocycles. The predicted octanol–water partition coefficient (Wildman–Crippen LogP) is 2.79. The van der Waals surface area contributed by atoms with Crippen molar-refractivity contribution in [3.05, 3.63) is 14.7 Å². The molecule has 7 heteroatoms. The van der Waals surface area contributed by atoms with Crippen LogP contribution in [0.15, 0.2) is 14.7 Å². The zero-order chi connectivity index (χ0) is 14.0. The first kappa shape index (κ1) is 15.4. The van der Waals surface area contributed by atoms with Crippen LogP contribution in [0.2, 0.25) is 0 Å². The van der Waals surface area contributed by atoms with Gasteiger partial charge in [0.2, 0.25) is 10.0 Å². The van der Waals surface area contributed by atoms with Gasteiger partial charge in [0, 0.05) is 10.9 Å². The summed E-state index contributed by atoms with van der Waals surface area (Å²) in [6.45, 7) is 1.79. The van der Waals surface area contributed by atoms with E-state index in [1.807, 2.05) is 0 Å². The first-order valence-corrected chi connectivity index (χ1v) is 9.46. The molecule has 0 spiro atoms. The summed E-state index contributed by atoms with van der Waals surface area (Å²) in [5, 5.41) is 10.0. The van der Waals surface area contributed by atoms with Gasteiger partial charge < -0.3 is 5.11 Å². The van der Waals surface area contributed by atoms with Crippen LogP contribution in [-0.4, -0.2) is 25.7 Å². The molecule has 2 unspecified atom stereocenters. The Balaban J connectivity index is 2.18. The van der Waals surface area contributed by atoms with Gasteiger partial charge in [-0.25, -0.2) is 13.1 Å². The second-order valence-corrected chi connectivity index (χ2v) is 9.22. The first-order chi connectivity index (χ1) is 8.90. The lowest BCUT2D eigenvalue weighted by Crippen LogP contribution is -2.42. The summed E-state index contributed by atoms with van der Waals surface area (Å²) < 4.78 is 28.2. The monoisotopic (exact) mass is 367 g/mol. The molecule has 1 aromatic rings. The van der Waals surface area contributed by atoms with Gasteiger partial charge in [-0.3, -0.25) is 0 Å². The zero-order valence-corrected chi connectivity index (χ0v) is 13.9. The molecule has 1 fully saturated rings. The Labute approximate surface area is 126 Å². The van der Waals surface area contributed by atoms with Crippen molar-refractivity contribution >= 4 is 37.3 Å². The van der Waals surface area contributed by atoms with E-state index in [1.165, 1.54) is 11.3 Å². The van der Waals surface area contributed by atoms with E-state index in [4.69, 9.17) is 0 Å². The van der Waals surface area contributed by atoms with E-state index in [0.29, 0.717) is 17.7 Å². The van der Waals surface area contributed by atoms with E-state index in [0.717, 1.165) is 27.9 Å². The van der Waals surface area contributed by atoms with Crippen molar-refractivity contribution in [1.29, 1.82) is 0 Å². The molecular formula is C12H18BrNO3S2. The summed E-state index contributed by atoms with van der Waals surface area (Å²) in [7, 11) is -3.55.